The lowest BCUT2D eigenvalue weighted by molar-refractivity contribution is 0.0699. The summed E-state index contributed by atoms with van der Waals surface area (Å²) in [5.74, 6) is -0.384. The van der Waals surface area contributed by atoms with Crippen LogP contribution in [-0.2, 0) is 11.3 Å². The Morgan fingerprint density at radius 1 is 1.41 bits per heavy atom. The fraction of sp³-hybridized carbons (Fsp3) is 0.462. The van der Waals surface area contributed by atoms with Gasteiger partial charge in [0.05, 0.1) is 6.61 Å². The number of primary amides is 1. The van der Waals surface area contributed by atoms with Gasteiger partial charge in [-0.2, -0.15) is 0 Å². The van der Waals surface area contributed by atoms with E-state index < -0.39 is 0 Å². The summed E-state index contributed by atoms with van der Waals surface area (Å²) < 4.78 is 5.40. The average Bonchev–Trinajstić information content (AvgIpc) is 2.38. The van der Waals surface area contributed by atoms with Crippen LogP contribution >= 0.6 is 0 Å². The predicted octanol–water partition coefficient (Wildman–Crippen LogP) is 1.05. The molecule has 0 radical (unpaired) electrons. The van der Waals surface area contributed by atoms with E-state index in [4.69, 9.17) is 10.5 Å². The van der Waals surface area contributed by atoms with E-state index in [1.54, 1.807) is 12.1 Å². The van der Waals surface area contributed by atoms with Crippen molar-refractivity contribution in [2.45, 2.75) is 25.4 Å². The number of carbonyl (C=O) groups excluding carboxylic acids is 1. The second-order valence-electron chi connectivity index (χ2n) is 4.36. The number of nitrogens with one attached hydrogen (secondary N) is 1. The number of benzene rings is 1. The number of nitrogens with two attached hydrogens (primary N) is 1. The van der Waals surface area contributed by atoms with Crippen LogP contribution in [0.2, 0.25) is 0 Å². The van der Waals surface area contributed by atoms with Crippen LogP contribution in [0.3, 0.4) is 0 Å². The lowest BCUT2D eigenvalue weighted by Crippen LogP contribution is -2.36. The highest BCUT2D eigenvalue weighted by atomic mass is 16.5. The van der Waals surface area contributed by atoms with Gasteiger partial charge in [-0.1, -0.05) is 12.1 Å². The van der Waals surface area contributed by atoms with Crippen LogP contribution in [0, 0.1) is 0 Å². The Labute approximate surface area is 101 Å². The van der Waals surface area contributed by atoms with Crippen molar-refractivity contribution in [2.75, 3.05) is 13.2 Å². The number of ether oxygens (including phenoxy) is 1. The maximum Gasteiger partial charge on any atom is 0.248 e. The summed E-state index contributed by atoms with van der Waals surface area (Å²) in [5.41, 5.74) is 6.89. The minimum atomic E-state index is -0.384. The molecule has 0 aromatic heterocycles. The molecule has 1 atom stereocenters. The third kappa shape index (κ3) is 3.54. The zero-order chi connectivity index (χ0) is 12.1. The van der Waals surface area contributed by atoms with Gasteiger partial charge in [-0.3, -0.25) is 4.79 Å². The van der Waals surface area contributed by atoms with Crippen LogP contribution in [0.15, 0.2) is 24.3 Å². The van der Waals surface area contributed by atoms with Gasteiger partial charge in [0.25, 0.3) is 0 Å². The summed E-state index contributed by atoms with van der Waals surface area (Å²) in [6, 6.07) is 7.82. The Morgan fingerprint density at radius 2 is 2.18 bits per heavy atom. The first-order valence-corrected chi connectivity index (χ1v) is 5.95. The van der Waals surface area contributed by atoms with Gasteiger partial charge in [0.15, 0.2) is 0 Å². The Morgan fingerprint density at radius 3 is 2.76 bits per heavy atom. The van der Waals surface area contributed by atoms with Gasteiger partial charge in [-0.25, -0.2) is 0 Å². The molecular formula is C13H18N2O2. The molecule has 1 saturated heterocycles. The first-order chi connectivity index (χ1) is 8.25. The predicted molar refractivity (Wildman–Crippen MR) is 65.6 cm³/mol. The SMILES string of the molecule is NC(=O)c1ccc(CNC2CCCOC2)cc1. The van der Waals surface area contributed by atoms with E-state index in [0.29, 0.717) is 11.6 Å². The maximum atomic E-state index is 10.9. The minimum Gasteiger partial charge on any atom is -0.380 e. The van der Waals surface area contributed by atoms with Crippen LogP contribution in [0.25, 0.3) is 0 Å². The lowest BCUT2D eigenvalue weighted by atomic mass is 10.1. The van der Waals surface area contributed by atoms with E-state index in [9.17, 15) is 4.79 Å². The number of amides is 1. The number of rotatable bonds is 4. The summed E-state index contributed by atoms with van der Waals surface area (Å²) in [6.45, 7) is 2.47. The molecule has 1 heterocycles. The van der Waals surface area contributed by atoms with E-state index in [-0.39, 0.29) is 5.91 Å². The molecule has 1 aliphatic heterocycles. The molecule has 92 valence electrons. The summed E-state index contributed by atoms with van der Waals surface area (Å²) >= 11 is 0. The van der Waals surface area contributed by atoms with Crippen molar-refractivity contribution in [3.05, 3.63) is 35.4 Å². The Bertz CT molecular complexity index is 370. The van der Waals surface area contributed by atoms with E-state index in [0.717, 1.165) is 31.7 Å². The van der Waals surface area contributed by atoms with Crippen LogP contribution < -0.4 is 11.1 Å². The van der Waals surface area contributed by atoms with Gasteiger partial charge < -0.3 is 15.8 Å². The molecule has 0 bridgehead atoms. The molecule has 4 heteroatoms. The Kier molecular flexibility index (Phi) is 4.12. The number of carbonyl (C=O) groups is 1. The van der Waals surface area contributed by atoms with Crippen molar-refractivity contribution in [3.8, 4) is 0 Å². The number of hydrogen-bond donors (Lipinski definition) is 2. The normalized spacial score (nSPS) is 20.1. The van der Waals surface area contributed by atoms with Gasteiger partial charge in [0.2, 0.25) is 5.91 Å². The highest BCUT2D eigenvalue weighted by Crippen LogP contribution is 2.08. The second kappa shape index (κ2) is 5.80. The van der Waals surface area contributed by atoms with Crippen molar-refractivity contribution >= 4 is 5.91 Å². The van der Waals surface area contributed by atoms with Crippen LogP contribution in [0.5, 0.6) is 0 Å². The smallest absolute Gasteiger partial charge is 0.248 e. The van der Waals surface area contributed by atoms with Crippen molar-refractivity contribution in [1.82, 2.24) is 5.32 Å². The summed E-state index contributed by atoms with van der Waals surface area (Å²) in [4.78, 5) is 10.9. The van der Waals surface area contributed by atoms with Crippen molar-refractivity contribution < 1.29 is 9.53 Å². The van der Waals surface area contributed by atoms with Crippen molar-refractivity contribution in [2.24, 2.45) is 5.73 Å². The minimum absolute atomic E-state index is 0.384. The topological polar surface area (TPSA) is 64.4 Å². The summed E-state index contributed by atoms with van der Waals surface area (Å²) in [7, 11) is 0. The molecule has 0 spiro atoms. The molecule has 0 saturated carbocycles. The molecule has 1 amide bonds. The van der Waals surface area contributed by atoms with Crippen LogP contribution in [0.4, 0.5) is 0 Å². The van der Waals surface area contributed by atoms with Crippen LogP contribution in [-0.4, -0.2) is 25.2 Å². The molecule has 4 nitrogen and oxygen atoms in total. The molecular weight excluding hydrogens is 216 g/mol. The van der Waals surface area contributed by atoms with Gasteiger partial charge >= 0.3 is 0 Å². The molecule has 17 heavy (non-hydrogen) atoms. The third-order valence-electron chi connectivity index (χ3n) is 2.99. The van der Waals surface area contributed by atoms with Crippen molar-refractivity contribution in [3.63, 3.8) is 0 Å². The van der Waals surface area contributed by atoms with E-state index >= 15 is 0 Å². The van der Waals surface area contributed by atoms with Gasteiger partial charge in [0, 0.05) is 24.8 Å². The molecule has 1 fully saturated rings. The van der Waals surface area contributed by atoms with E-state index in [2.05, 4.69) is 5.32 Å². The third-order valence-corrected chi connectivity index (χ3v) is 2.99. The molecule has 2 rings (SSSR count). The van der Waals surface area contributed by atoms with Gasteiger partial charge in [0.1, 0.15) is 0 Å². The molecule has 1 aliphatic rings. The zero-order valence-corrected chi connectivity index (χ0v) is 9.82. The Hall–Kier alpha value is -1.39. The zero-order valence-electron chi connectivity index (χ0n) is 9.82. The largest absolute Gasteiger partial charge is 0.380 e. The lowest BCUT2D eigenvalue weighted by Gasteiger charge is -2.23. The first-order valence-electron chi connectivity index (χ1n) is 5.95. The average molecular weight is 234 g/mol. The molecule has 1 aromatic carbocycles. The standard InChI is InChI=1S/C13H18N2O2/c14-13(16)11-5-3-10(4-6-11)8-15-12-2-1-7-17-9-12/h3-6,12,15H,1-2,7-9H2,(H2,14,16). The van der Waals surface area contributed by atoms with Crippen molar-refractivity contribution in [1.29, 1.82) is 0 Å². The molecule has 1 aromatic rings. The fourth-order valence-corrected chi connectivity index (χ4v) is 1.95. The first kappa shape index (κ1) is 12.1. The molecule has 3 N–H and O–H groups in total. The fourth-order valence-electron chi connectivity index (χ4n) is 1.95. The maximum absolute atomic E-state index is 10.9. The highest BCUT2D eigenvalue weighted by molar-refractivity contribution is 5.92. The monoisotopic (exact) mass is 234 g/mol. The van der Waals surface area contributed by atoms with E-state index in [1.165, 1.54) is 6.42 Å². The van der Waals surface area contributed by atoms with Gasteiger partial charge in [-0.15, -0.1) is 0 Å². The summed E-state index contributed by atoms with van der Waals surface area (Å²) in [6.07, 6.45) is 2.29. The van der Waals surface area contributed by atoms with E-state index in [1.807, 2.05) is 12.1 Å². The van der Waals surface area contributed by atoms with Crippen LogP contribution in [0.1, 0.15) is 28.8 Å². The number of hydrogen-bond acceptors (Lipinski definition) is 3. The second-order valence-corrected chi connectivity index (χ2v) is 4.36. The molecule has 0 aliphatic carbocycles. The molecule has 1 unspecified atom stereocenters. The highest BCUT2D eigenvalue weighted by Gasteiger charge is 2.12. The Balaban J connectivity index is 1.84. The summed E-state index contributed by atoms with van der Waals surface area (Å²) in [5, 5.41) is 3.45. The quantitative estimate of drug-likeness (QED) is 0.818. The van der Waals surface area contributed by atoms with Gasteiger partial charge in [-0.05, 0) is 30.5 Å².